The van der Waals surface area contributed by atoms with Gasteiger partial charge in [0.1, 0.15) is 13.0 Å². The van der Waals surface area contributed by atoms with Crippen LogP contribution in [0.3, 0.4) is 0 Å². The molecule has 0 unspecified atom stereocenters. The first-order valence-corrected chi connectivity index (χ1v) is 3.79. The summed E-state index contributed by atoms with van der Waals surface area (Å²) in [5, 5.41) is 0. The monoisotopic (exact) mass is 223 g/mol. The van der Waals surface area contributed by atoms with E-state index in [-0.39, 0.29) is 25.4 Å². The highest BCUT2D eigenvalue weighted by Gasteiger charge is 2.22. The summed E-state index contributed by atoms with van der Waals surface area (Å²) in [6.45, 7) is 3.52. The molecule has 0 rings (SSSR count). The fourth-order valence-electron chi connectivity index (χ4n) is 0.662. The highest BCUT2D eigenvalue weighted by molar-refractivity contribution is 5.81. The van der Waals surface area contributed by atoms with Crippen LogP contribution in [0.1, 0.15) is 6.42 Å². The molecule has 0 aliphatic carbocycles. The van der Waals surface area contributed by atoms with E-state index < -0.39 is 18.0 Å². The Bertz CT molecular complexity index is 208. The number of ether oxygens (including phenoxy) is 2. The first kappa shape index (κ1) is 15.4. The maximum Gasteiger partial charge on any atom is 0.365 e. The summed E-state index contributed by atoms with van der Waals surface area (Å²) in [4.78, 5) is 21.7. The Morgan fingerprint density at radius 3 is 2.57 bits per heavy atom. The summed E-state index contributed by atoms with van der Waals surface area (Å²) < 4.78 is 9.04. The van der Waals surface area contributed by atoms with Gasteiger partial charge in [-0.1, -0.05) is 12.7 Å². The molecule has 0 radical (unpaired) electrons. The Kier molecular flexibility index (Phi) is 9.38. The van der Waals surface area contributed by atoms with Crippen LogP contribution in [0.4, 0.5) is 0 Å². The van der Waals surface area contributed by atoms with Gasteiger partial charge in [-0.25, -0.2) is 4.79 Å². The van der Waals surface area contributed by atoms with Crippen molar-refractivity contribution in [2.24, 2.45) is 0 Å². The summed E-state index contributed by atoms with van der Waals surface area (Å²) in [5.74, 6) is -0.999. The van der Waals surface area contributed by atoms with Gasteiger partial charge in [-0.05, 0) is 0 Å². The highest BCUT2D eigenvalue weighted by atomic mass is 35.5. The Hall–Kier alpha value is -1.07. The molecule has 5 nitrogen and oxygen atoms in total. The van der Waals surface area contributed by atoms with Crippen molar-refractivity contribution in [3.63, 3.8) is 0 Å². The lowest BCUT2D eigenvalue weighted by molar-refractivity contribution is -0.407. The van der Waals surface area contributed by atoms with Crippen LogP contribution in [0.5, 0.6) is 0 Å². The van der Waals surface area contributed by atoms with Crippen molar-refractivity contribution in [2.75, 3.05) is 13.7 Å². The Balaban J connectivity index is 0. The minimum absolute atomic E-state index is 0. The Labute approximate surface area is 88.6 Å². The molecule has 14 heavy (non-hydrogen) atoms. The van der Waals surface area contributed by atoms with Gasteiger partial charge < -0.3 is 27.6 Å². The quantitative estimate of drug-likeness (QED) is 0.380. The fourth-order valence-corrected chi connectivity index (χ4v) is 0.662. The molecule has 0 fully saturated rings. The van der Waals surface area contributed by atoms with Crippen molar-refractivity contribution in [1.29, 1.82) is 0 Å². The molecule has 0 aliphatic heterocycles. The first-order valence-electron chi connectivity index (χ1n) is 3.79. The predicted octanol–water partition coefficient (Wildman–Crippen LogP) is -4.11. The number of methoxy groups -OCH3 is 1. The second-order valence-corrected chi connectivity index (χ2v) is 2.40. The van der Waals surface area contributed by atoms with Crippen molar-refractivity contribution in [1.82, 2.24) is 0 Å². The molecule has 82 valence electrons. The van der Waals surface area contributed by atoms with Crippen LogP contribution in [-0.2, 0) is 19.1 Å². The van der Waals surface area contributed by atoms with E-state index in [1.807, 2.05) is 0 Å². The topological polar surface area (TPSA) is 80.2 Å². The molecule has 0 aromatic carbocycles. The van der Waals surface area contributed by atoms with Crippen molar-refractivity contribution >= 4 is 11.9 Å². The van der Waals surface area contributed by atoms with Crippen LogP contribution in [-0.4, -0.2) is 31.7 Å². The number of hydrogen-bond donors (Lipinski definition) is 1. The number of hydrogen-bond acceptors (Lipinski definition) is 4. The van der Waals surface area contributed by atoms with Crippen LogP contribution >= 0.6 is 0 Å². The summed E-state index contributed by atoms with van der Waals surface area (Å²) in [5.41, 5.74) is 3.46. The summed E-state index contributed by atoms with van der Waals surface area (Å²) in [6, 6.07) is -0.706. The lowest BCUT2D eigenvalue weighted by Gasteiger charge is -2.05. The zero-order valence-electron chi connectivity index (χ0n) is 7.99. The third-order valence-electron chi connectivity index (χ3n) is 1.31. The molecule has 0 bridgehead atoms. The number of quaternary nitrogens is 1. The SMILES string of the molecule is C=CCOC(=O)C[C@@H]([NH3+])C(=O)OC.[Cl-]. The maximum atomic E-state index is 10.9. The van der Waals surface area contributed by atoms with E-state index in [4.69, 9.17) is 0 Å². The van der Waals surface area contributed by atoms with E-state index >= 15 is 0 Å². The molecular formula is C8H14ClNO4. The number of rotatable bonds is 5. The molecule has 0 heterocycles. The zero-order chi connectivity index (χ0) is 10.3. The fraction of sp³-hybridized carbons (Fsp3) is 0.500. The van der Waals surface area contributed by atoms with Gasteiger partial charge in [-0.3, -0.25) is 4.79 Å². The molecular weight excluding hydrogens is 210 g/mol. The van der Waals surface area contributed by atoms with Crippen molar-refractivity contribution in [2.45, 2.75) is 12.5 Å². The van der Waals surface area contributed by atoms with Gasteiger partial charge in [0.2, 0.25) is 0 Å². The maximum absolute atomic E-state index is 10.9. The number of carbonyl (C=O) groups is 2. The zero-order valence-corrected chi connectivity index (χ0v) is 8.75. The van der Waals surface area contributed by atoms with E-state index in [2.05, 4.69) is 21.8 Å². The van der Waals surface area contributed by atoms with E-state index in [0.717, 1.165) is 0 Å². The summed E-state index contributed by atoms with van der Waals surface area (Å²) >= 11 is 0. The first-order chi connectivity index (χ1) is 6.11. The van der Waals surface area contributed by atoms with Crippen LogP contribution in [0, 0.1) is 0 Å². The lowest BCUT2D eigenvalue weighted by Crippen LogP contribution is -3.00. The smallest absolute Gasteiger partial charge is 0.365 e. The molecule has 0 aromatic rings. The molecule has 3 N–H and O–H groups in total. The normalized spacial score (nSPS) is 10.7. The molecule has 0 amide bonds. The average molecular weight is 224 g/mol. The lowest BCUT2D eigenvalue weighted by atomic mass is 10.2. The number of halogens is 1. The van der Waals surface area contributed by atoms with Crippen LogP contribution in [0.15, 0.2) is 12.7 Å². The van der Waals surface area contributed by atoms with Gasteiger partial charge in [0.05, 0.1) is 7.11 Å². The van der Waals surface area contributed by atoms with Crippen molar-refractivity contribution in [3.8, 4) is 0 Å². The minimum Gasteiger partial charge on any atom is -1.00 e. The van der Waals surface area contributed by atoms with E-state index in [1.165, 1.54) is 13.2 Å². The third-order valence-corrected chi connectivity index (χ3v) is 1.31. The Morgan fingerprint density at radius 1 is 1.57 bits per heavy atom. The van der Waals surface area contributed by atoms with Crippen LogP contribution < -0.4 is 18.1 Å². The van der Waals surface area contributed by atoms with Gasteiger partial charge in [-0.2, -0.15) is 0 Å². The van der Waals surface area contributed by atoms with Crippen LogP contribution in [0.25, 0.3) is 0 Å². The van der Waals surface area contributed by atoms with Gasteiger partial charge in [-0.15, -0.1) is 0 Å². The molecule has 1 atom stereocenters. The molecule has 0 spiro atoms. The molecule has 6 heteroatoms. The number of esters is 2. The van der Waals surface area contributed by atoms with Gasteiger partial charge in [0.25, 0.3) is 0 Å². The Morgan fingerprint density at radius 2 is 2.14 bits per heavy atom. The van der Waals surface area contributed by atoms with Gasteiger partial charge >= 0.3 is 11.9 Å². The van der Waals surface area contributed by atoms with E-state index in [1.54, 1.807) is 0 Å². The third kappa shape index (κ3) is 6.45. The average Bonchev–Trinajstić information content (AvgIpc) is 2.13. The standard InChI is InChI=1S/C8H13NO4.ClH/c1-3-4-13-7(10)5-6(9)8(11)12-2;/h3,6H,1,4-5,9H2,2H3;1H/t6-;/m1./s1. The van der Waals surface area contributed by atoms with Gasteiger partial charge in [0, 0.05) is 0 Å². The van der Waals surface area contributed by atoms with E-state index in [0.29, 0.717) is 0 Å². The van der Waals surface area contributed by atoms with Gasteiger partial charge in [0.15, 0.2) is 6.04 Å². The molecule has 0 saturated heterocycles. The van der Waals surface area contributed by atoms with Crippen molar-refractivity contribution < 1.29 is 37.2 Å². The summed E-state index contributed by atoms with van der Waals surface area (Å²) in [6.07, 6.45) is 1.38. The van der Waals surface area contributed by atoms with Crippen LogP contribution in [0.2, 0.25) is 0 Å². The molecule has 0 saturated carbocycles. The second kappa shape index (κ2) is 8.52. The minimum atomic E-state index is -0.706. The second-order valence-electron chi connectivity index (χ2n) is 2.40. The summed E-state index contributed by atoms with van der Waals surface area (Å²) in [7, 11) is 1.25. The van der Waals surface area contributed by atoms with E-state index in [9.17, 15) is 9.59 Å². The largest absolute Gasteiger partial charge is 1.00 e. The highest BCUT2D eigenvalue weighted by Crippen LogP contribution is 1.92. The predicted molar refractivity (Wildman–Crippen MR) is 44.5 cm³/mol. The molecule has 0 aromatic heterocycles. The molecule has 0 aliphatic rings. The number of carbonyl (C=O) groups excluding carboxylic acids is 2. The van der Waals surface area contributed by atoms with Crippen molar-refractivity contribution in [3.05, 3.63) is 12.7 Å².